The van der Waals surface area contributed by atoms with E-state index in [4.69, 9.17) is 27.4 Å². The number of H-pyrrole nitrogens is 1. The average Bonchev–Trinajstić information content (AvgIpc) is 3.38. The lowest BCUT2D eigenvalue weighted by Crippen LogP contribution is -2.56. The van der Waals surface area contributed by atoms with Gasteiger partial charge < -0.3 is 20.5 Å². The van der Waals surface area contributed by atoms with Crippen molar-refractivity contribution in [3.05, 3.63) is 75.7 Å². The van der Waals surface area contributed by atoms with Crippen molar-refractivity contribution in [1.82, 2.24) is 15.5 Å². The van der Waals surface area contributed by atoms with Crippen molar-refractivity contribution in [3.8, 4) is 0 Å². The summed E-state index contributed by atoms with van der Waals surface area (Å²) < 4.78 is 10.8. The normalized spacial score (nSPS) is 12.3. The monoisotopic (exact) mass is 585 g/mol. The lowest BCUT2D eigenvalue weighted by Gasteiger charge is -2.27. The second-order valence-corrected chi connectivity index (χ2v) is 10.8. The summed E-state index contributed by atoms with van der Waals surface area (Å²) in [6, 6.07) is 15.9. The summed E-state index contributed by atoms with van der Waals surface area (Å²) >= 11 is 5.98. The molecule has 0 fully saturated rings. The number of hydrogen-bond donors (Lipinski definition) is 3. The van der Waals surface area contributed by atoms with Crippen LogP contribution in [0.1, 0.15) is 37.8 Å². The second-order valence-electron chi connectivity index (χ2n) is 9.13. The molecular formula is C27H31N5O6S2. The number of esters is 1. The molecule has 2 aromatic carbocycles. The minimum atomic E-state index is -1.15. The number of amides is 3. The maximum Gasteiger partial charge on any atom is 0.423 e. The fourth-order valence-corrected chi connectivity index (χ4v) is 4.36. The minimum Gasteiger partial charge on any atom is -0.461 e. The molecule has 0 radical (unpaired) electrons. The van der Waals surface area contributed by atoms with Crippen molar-refractivity contribution in [2.45, 2.75) is 52.0 Å². The minimum absolute atomic E-state index is 0.00203. The molecule has 0 spiro atoms. The molecule has 1 heterocycles. The van der Waals surface area contributed by atoms with E-state index >= 15 is 0 Å². The van der Waals surface area contributed by atoms with E-state index in [0.717, 1.165) is 27.4 Å². The number of carbonyl (C=O) groups excluding carboxylic acids is 4. The fraction of sp³-hybridized carbons (Fsp3) is 0.333. The van der Waals surface area contributed by atoms with E-state index in [-0.39, 0.29) is 35.1 Å². The molecule has 11 nitrogen and oxygen atoms in total. The molecule has 212 valence electrons. The van der Waals surface area contributed by atoms with Crippen molar-refractivity contribution in [2.75, 3.05) is 4.90 Å². The van der Waals surface area contributed by atoms with Crippen LogP contribution in [-0.4, -0.2) is 46.2 Å². The van der Waals surface area contributed by atoms with Gasteiger partial charge in [0.05, 0.1) is 6.04 Å². The van der Waals surface area contributed by atoms with Crippen molar-refractivity contribution < 1.29 is 28.7 Å². The molecule has 0 aliphatic carbocycles. The SMILES string of the molecule is CC(C)[C@H](NC(=O)[C@@H](N)CCC(=O)OCc1ccccc1)C(=O)N(C(=O)OCc1ccccc1)c1n[nH]c(=S)s1. The zero-order chi connectivity index (χ0) is 29.1. The Hall–Kier alpha value is -3.94. The Morgan fingerprint density at radius 3 is 2.10 bits per heavy atom. The number of aromatic amines is 1. The van der Waals surface area contributed by atoms with Gasteiger partial charge in [-0.15, -0.1) is 5.10 Å². The molecule has 13 heteroatoms. The number of nitrogens with one attached hydrogen (secondary N) is 2. The van der Waals surface area contributed by atoms with Crippen LogP contribution in [0.5, 0.6) is 0 Å². The number of benzene rings is 2. The van der Waals surface area contributed by atoms with Crippen LogP contribution in [0.2, 0.25) is 0 Å². The molecule has 0 aliphatic heterocycles. The van der Waals surface area contributed by atoms with E-state index in [9.17, 15) is 19.2 Å². The molecule has 0 aliphatic rings. The number of rotatable bonds is 12. The van der Waals surface area contributed by atoms with Crippen LogP contribution in [0, 0.1) is 9.87 Å². The summed E-state index contributed by atoms with van der Waals surface area (Å²) in [5.74, 6) is -2.37. The third-order valence-corrected chi connectivity index (χ3v) is 6.77. The first-order valence-corrected chi connectivity index (χ1v) is 13.7. The zero-order valence-corrected chi connectivity index (χ0v) is 23.7. The molecule has 0 unspecified atom stereocenters. The van der Waals surface area contributed by atoms with E-state index in [1.807, 2.05) is 36.4 Å². The first kappa shape index (κ1) is 30.6. The molecular weight excluding hydrogens is 554 g/mol. The number of anilines is 1. The largest absolute Gasteiger partial charge is 0.461 e. The van der Waals surface area contributed by atoms with Crippen LogP contribution in [0.4, 0.5) is 9.93 Å². The number of imide groups is 1. The van der Waals surface area contributed by atoms with E-state index in [2.05, 4.69) is 15.5 Å². The van der Waals surface area contributed by atoms with Gasteiger partial charge in [0.2, 0.25) is 11.0 Å². The number of aromatic nitrogens is 2. The highest BCUT2D eigenvalue weighted by Gasteiger charge is 2.36. The van der Waals surface area contributed by atoms with Crippen LogP contribution >= 0.6 is 23.6 Å². The molecule has 0 saturated heterocycles. The maximum absolute atomic E-state index is 13.6. The van der Waals surface area contributed by atoms with Gasteiger partial charge in [-0.1, -0.05) is 85.8 Å². The van der Waals surface area contributed by atoms with E-state index < -0.39 is 41.9 Å². The predicted molar refractivity (Wildman–Crippen MR) is 152 cm³/mol. The van der Waals surface area contributed by atoms with E-state index in [0.29, 0.717) is 0 Å². The highest BCUT2D eigenvalue weighted by Crippen LogP contribution is 2.22. The number of nitrogens with zero attached hydrogens (tertiary/aromatic N) is 2. The topological polar surface area (TPSA) is 157 Å². The third-order valence-electron chi connectivity index (χ3n) is 5.70. The van der Waals surface area contributed by atoms with Gasteiger partial charge in [0.15, 0.2) is 3.95 Å². The first-order valence-electron chi connectivity index (χ1n) is 12.5. The first-order chi connectivity index (χ1) is 19.2. The molecule has 2 atom stereocenters. The summed E-state index contributed by atoms with van der Waals surface area (Å²) in [5, 5.41) is 9.08. The predicted octanol–water partition coefficient (Wildman–Crippen LogP) is 3.86. The Bertz CT molecular complexity index is 1350. The molecule has 40 heavy (non-hydrogen) atoms. The van der Waals surface area contributed by atoms with Crippen molar-refractivity contribution in [2.24, 2.45) is 11.7 Å². The highest BCUT2D eigenvalue weighted by molar-refractivity contribution is 7.73. The van der Waals surface area contributed by atoms with Crippen molar-refractivity contribution in [1.29, 1.82) is 0 Å². The lowest BCUT2D eigenvalue weighted by molar-refractivity contribution is -0.145. The van der Waals surface area contributed by atoms with Crippen LogP contribution in [0.15, 0.2) is 60.7 Å². The van der Waals surface area contributed by atoms with E-state index in [1.54, 1.807) is 38.1 Å². The average molecular weight is 586 g/mol. The van der Waals surface area contributed by atoms with Crippen molar-refractivity contribution in [3.63, 3.8) is 0 Å². The summed E-state index contributed by atoms with van der Waals surface area (Å²) in [7, 11) is 0. The van der Waals surface area contributed by atoms with Gasteiger partial charge in [-0.3, -0.25) is 19.5 Å². The standard InChI is InChI=1S/C27H31N5O6S2/c1-17(2)22(29-23(34)20(28)13-14-21(33)37-15-18-9-5-3-6-10-18)24(35)32(25-30-31-26(39)40-25)27(36)38-16-19-11-7-4-8-12-19/h3-12,17,20,22H,13-16,28H2,1-2H3,(H,29,34)(H,31,39)/t20-,22-/m0/s1. The number of carbonyl (C=O) groups is 4. The summed E-state index contributed by atoms with van der Waals surface area (Å²) in [6.45, 7) is 3.44. The number of nitrogens with two attached hydrogens (primary N) is 1. The Balaban J connectivity index is 1.63. The molecule has 0 bridgehead atoms. The van der Waals surface area contributed by atoms with Gasteiger partial charge >= 0.3 is 12.1 Å². The van der Waals surface area contributed by atoms with Gasteiger partial charge in [-0.2, -0.15) is 4.90 Å². The number of ether oxygens (including phenoxy) is 2. The number of hydrogen-bond acceptors (Lipinski definition) is 10. The van der Waals surface area contributed by atoms with Gasteiger partial charge in [-0.25, -0.2) is 4.79 Å². The maximum atomic E-state index is 13.6. The molecule has 3 rings (SSSR count). The smallest absolute Gasteiger partial charge is 0.423 e. The Morgan fingerprint density at radius 2 is 1.57 bits per heavy atom. The third kappa shape index (κ3) is 9.07. The lowest BCUT2D eigenvalue weighted by atomic mass is 10.0. The van der Waals surface area contributed by atoms with E-state index in [1.165, 1.54) is 0 Å². The van der Waals surface area contributed by atoms with Gasteiger partial charge in [0, 0.05) is 6.42 Å². The highest BCUT2D eigenvalue weighted by atomic mass is 32.1. The summed E-state index contributed by atoms with van der Waals surface area (Å²) in [4.78, 5) is 52.4. The zero-order valence-electron chi connectivity index (χ0n) is 22.1. The van der Waals surface area contributed by atoms with Gasteiger partial charge in [0.25, 0.3) is 5.91 Å². The van der Waals surface area contributed by atoms with Crippen LogP contribution in [0.25, 0.3) is 0 Å². The Morgan fingerprint density at radius 1 is 1.00 bits per heavy atom. The molecule has 4 N–H and O–H groups in total. The Labute approximate surface area is 240 Å². The van der Waals surface area contributed by atoms with Gasteiger partial charge in [0.1, 0.15) is 19.3 Å². The fourth-order valence-electron chi connectivity index (χ4n) is 3.49. The molecule has 1 aromatic heterocycles. The van der Waals surface area contributed by atoms with Crippen LogP contribution in [-0.2, 0) is 37.1 Å². The second kappa shape index (κ2) is 15.0. The molecule has 3 amide bonds. The summed E-state index contributed by atoms with van der Waals surface area (Å²) in [6.07, 6.45) is -1.06. The summed E-state index contributed by atoms with van der Waals surface area (Å²) in [5.41, 5.74) is 7.58. The molecule has 3 aromatic rings. The van der Waals surface area contributed by atoms with Crippen LogP contribution < -0.4 is 16.0 Å². The molecule has 0 saturated carbocycles. The quantitative estimate of drug-likeness (QED) is 0.212. The van der Waals surface area contributed by atoms with Crippen molar-refractivity contribution >= 4 is 52.6 Å². The Kier molecular flexibility index (Phi) is 11.5. The van der Waals surface area contributed by atoms with Gasteiger partial charge in [-0.05, 0) is 35.7 Å². The van der Waals surface area contributed by atoms with Crippen LogP contribution in [0.3, 0.4) is 0 Å².